The van der Waals surface area contributed by atoms with E-state index in [1.165, 1.54) is 10.9 Å². The van der Waals surface area contributed by atoms with Gasteiger partial charge < -0.3 is 15.8 Å². The van der Waals surface area contributed by atoms with Gasteiger partial charge in [0.05, 0.1) is 31.0 Å². The first-order chi connectivity index (χ1) is 11.6. The number of nitrogens with one attached hydrogen (secondary N) is 1. The predicted octanol–water partition coefficient (Wildman–Crippen LogP) is 1.57. The number of carbonyl (C=O) groups is 1. The molecule has 2 aromatic carbocycles. The van der Waals surface area contributed by atoms with Gasteiger partial charge in [-0.05, 0) is 36.4 Å². The quantitative estimate of drug-likeness (QED) is 0.742. The van der Waals surface area contributed by atoms with Gasteiger partial charge in [-0.2, -0.15) is 0 Å². The first kappa shape index (κ1) is 15.5. The van der Waals surface area contributed by atoms with Crippen LogP contribution in [-0.4, -0.2) is 22.6 Å². The van der Waals surface area contributed by atoms with E-state index in [0.29, 0.717) is 22.2 Å². The molecule has 1 amide bonds. The molecule has 3 aromatic rings. The summed E-state index contributed by atoms with van der Waals surface area (Å²) in [7, 11) is 1.57. The van der Waals surface area contributed by atoms with Crippen LogP contribution in [0.3, 0.4) is 0 Å². The van der Waals surface area contributed by atoms with Crippen molar-refractivity contribution in [3.63, 3.8) is 0 Å². The number of fused-ring (bicyclic) bond motifs is 1. The zero-order chi connectivity index (χ0) is 17.1. The monoisotopic (exact) mass is 324 g/mol. The number of hydrogen-bond donors (Lipinski definition) is 2. The molecule has 0 spiro atoms. The lowest BCUT2D eigenvalue weighted by Gasteiger charge is -2.10. The summed E-state index contributed by atoms with van der Waals surface area (Å²) >= 11 is 0. The molecule has 0 atom stereocenters. The van der Waals surface area contributed by atoms with Crippen LogP contribution in [0.1, 0.15) is 10.4 Å². The molecule has 0 bridgehead atoms. The van der Waals surface area contributed by atoms with E-state index in [9.17, 15) is 9.59 Å². The Balaban J connectivity index is 1.81. The summed E-state index contributed by atoms with van der Waals surface area (Å²) in [6, 6.07) is 11.8. The van der Waals surface area contributed by atoms with Crippen molar-refractivity contribution in [1.82, 2.24) is 9.55 Å². The van der Waals surface area contributed by atoms with Crippen LogP contribution < -0.4 is 21.3 Å². The smallest absolute Gasteiger partial charge is 0.262 e. The second kappa shape index (κ2) is 6.41. The number of nitrogens with zero attached hydrogens (tertiary/aromatic N) is 2. The van der Waals surface area contributed by atoms with Crippen LogP contribution >= 0.6 is 0 Å². The molecule has 1 heterocycles. The maximum atomic E-state index is 12.5. The van der Waals surface area contributed by atoms with Crippen LogP contribution in [0.5, 0.6) is 5.75 Å². The molecule has 0 saturated carbocycles. The summed E-state index contributed by atoms with van der Waals surface area (Å²) in [6.45, 7) is 0.254. The normalized spacial score (nSPS) is 10.5. The number of hydrogen-bond acceptors (Lipinski definition) is 5. The molecule has 0 aliphatic carbocycles. The minimum Gasteiger partial charge on any atom is -0.497 e. The average molecular weight is 324 g/mol. The van der Waals surface area contributed by atoms with Crippen molar-refractivity contribution in [2.75, 3.05) is 12.4 Å². The predicted molar refractivity (Wildman–Crippen MR) is 91.1 cm³/mol. The summed E-state index contributed by atoms with van der Waals surface area (Å²) in [5.41, 5.74) is 6.83. The molecule has 3 rings (SSSR count). The van der Waals surface area contributed by atoms with Crippen molar-refractivity contribution in [3.05, 3.63) is 64.7 Å². The van der Waals surface area contributed by atoms with Crippen molar-refractivity contribution in [2.45, 2.75) is 6.67 Å². The van der Waals surface area contributed by atoms with Gasteiger partial charge in [-0.15, -0.1) is 0 Å². The molecule has 7 nitrogen and oxygen atoms in total. The van der Waals surface area contributed by atoms with Crippen molar-refractivity contribution >= 4 is 22.5 Å². The zero-order valence-electron chi connectivity index (χ0n) is 13.0. The number of methoxy groups -OCH3 is 1. The molecule has 0 aliphatic heterocycles. The Hall–Kier alpha value is -3.35. The molecule has 3 N–H and O–H groups in total. The molecule has 0 saturated heterocycles. The van der Waals surface area contributed by atoms with Crippen LogP contribution in [0, 0.1) is 0 Å². The molecule has 7 heteroatoms. The summed E-state index contributed by atoms with van der Waals surface area (Å²) in [4.78, 5) is 27.8. The molecular formula is C17H16N4O3. The van der Waals surface area contributed by atoms with Crippen molar-refractivity contribution in [1.29, 1.82) is 0 Å². The largest absolute Gasteiger partial charge is 0.497 e. The fourth-order valence-electron chi connectivity index (χ4n) is 2.31. The Morgan fingerprint density at radius 1 is 1.25 bits per heavy atom. The topological polar surface area (TPSA) is 99.2 Å². The average Bonchev–Trinajstić information content (AvgIpc) is 2.61. The van der Waals surface area contributed by atoms with Gasteiger partial charge in [0.2, 0.25) is 5.91 Å². The number of ether oxygens (including phenoxy) is 1. The second-order valence-electron chi connectivity index (χ2n) is 5.18. The third kappa shape index (κ3) is 3.05. The minimum absolute atomic E-state index is 0.149. The third-order valence-corrected chi connectivity index (χ3v) is 3.66. The highest BCUT2D eigenvalue weighted by molar-refractivity contribution is 5.93. The van der Waals surface area contributed by atoms with Crippen molar-refractivity contribution in [3.8, 4) is 5.75 Å². The number of primary amides is 1. The van der Waals surface area contributed by atoms with Gasteiger partial charge in [-0.1, -0.05) is 0 Å². The highest BCUT2D eigenvalue weighted by Crippen LogP contribution is 2.16. The van der Waals surface area contributed by atoms with Gasteiger partial charge in [-0.25, -0.2) is 4.98 Å². The van der Waals surface area contributed by atoms with E-state index in [2.05, 4.69) is 10.3 Å². The Labute approximate surface area is 137 Å². The van der Waals surface area contributed by atoms with Crippen LogP contribution in [0.2, 0.25) is 0 Å². The number of benzene rings is 2. The summed E-state index contributed by atoms with van der Waals surface area (Å²) in [5.74, 6) is 0.173. The van der Waals surface area contributed by atoms with Gasteiger partial charge >= 0.3 is 0 Å². The van der Waals surface area contributed by atoms with E-state index in [-0.39, 0.29) is 12.2 Å². The fourth-order valence-corrected chi connectivity index (χ4v) is 2.31. The van der Waals surface area contributed by atoms with Gasteiger partial charge in [-0.3, -0.25) is 14.2 Å². The number of nitrogens with two attached hydrogens (primary N) is 1. The zero-order valence-corrected chi connectivity index (χ0v) is 13.0. The Morgan fingerprint density at radius 2 is 2.00 bits per heavy atom. The van der Waals surface area contributed by atoms with E-state index in [4.69, 9.17) is 10.5 Å². The molecule has 1 aromatic heterocycles. The van der Waals surface area contributed by atoms with Crippen LogP contribution in [0.25, 0.3) is 10.9 Å². The molecule has 0 unspecified atom stereocenters. The van der Waals surface area contributed by atoms with Crippen LogP contribution in [0.15, 0.2) is 53.6 Å². The lowest BCUT2D eigenvalue weighted by atomic mass is 10.2. The van der Waals surface area contributed by atoms with Gasteiger partial charge in [0.1, 0.15) is 5.75 Å². The van der Waals surface area contributed by atoms with E-state index in [0.717, 1.165) is 5.69 Å². The highest BCUT2D eigenvalue weighted by Gasteiger charge is 2.05. The number of anilines is 1. The molecule has 24 heavy (non-hydrogen) atoms. The van der Waals surface area contributed by atoms with Gasteiger partial charge in [0, 0.05) is 17.3 Å². The maximum Gasteiger partial charge on any atom is 0.262 e. The summed E-state index contributed by atoms with van der Waals surface area (Å²) in [5, 5.41) is 3.62. The molecule has 0 fully saturated rings. The summed E-state index contributed by atoms with van der Waals surface area (Å²) in [6.07, 6.45) is 1.48. The lowest BCUT2D eigenvalue weighted by molar-refractivity contribution is 0.100. The Morgan fingerprint density at radius 3 is 2.67 bits per heavy atom. The molecule has 122 valence electrons. The van der Waals surface area contributed by atoms with Crippen LogP contribution in [0.4, 0.5) is 5.69 Å². The highest BCUT2D eigenvalue weighted by atomic mass is 16.5. The molecular weight excluding hydrogens is 308 g/mol. The van der Waals surface area contributed by atoms with E-state index < -0.39 is 5.91 Å². The molecule has 0 aliphatic rings. The standard InChI is InChI=1S/C17H16N4O3/c1-24-13-6-7-14-15(8-13)20-10-21(17(14)23)9-19-12-4-2-11(3-5-12)16(18)22/h2-8,10,19H,9H2,1H3,(H2,18,22). The first-order valence-electron chi connectivity index (χ1n) is 7.25. The number of rotatable bonds is 5. The Kier molecular flexibility index (Phi) is 4.15. The third-order valence-electron chi connectivity index (χ3n) is 3.66. The summed E-state index contributed by atoms with van der Waals surface area (Å²) < 4.78 is 6.60. The lowest BCUT2D eigenvalue weighted by Crippen LogP contribution is -2.24. The molecule has 0 radical (unpaired) electrons. The number of carbonyl (C=O) groups excluding carboxylic acids is 1. The van der Waals surface area contributed by atoms with Crippen LogP contribution in [-0.2, 0) is 6.67 Å². The van der Waals surface area contributed by atoms with Crippen molar-refractivity contribution < 1.29 is 9.53 Å². The number of aromatic nitrogens is 2. The minimum atomic E-state index is -0.480. The second-order valence-corrected chi connectivity index (χ2v) is 5.18. The fraction of sp³-hybridized carbons (Fsp3) is 0.118. The van der Waals surface area contributed by atoms with Gasteiger partial charge in [0.15, 0.2) is 0 Å². The van der Waals surface area contributed by atoms with E-state index in [1.807, 2.05) is 0 Å². The maximum absolute atomic E-state index is 12.5. The number of amides is 1. The Bertz CT molecular complexity index is 948. The SMILES string of the molecule is COc1ccc2c(=O)n(CNc3ccc(C(N)=O)cc3)cnc2c1. The van der Waals surface area contributed by atoms with E-state index >= 15 is 0 Å². The first-order valence-corrected chi connectivity index (χ1v) is 7.25. The van der Waals surface area contributed by atoms with Gasteiger partial charge in [0.25, 0.3) is 5.56 Å². The van der Waals surface area contributed by atoms with Crippen molar-refractivity contribution in [2.24, 2.45) is 5.73 Å². The van der Waals surface area contributed by atoms with E-state index in [1.54, 1.807) is 49.6 Å².